The summed E-state index contributed by atoms with van der Waals surface area (Å²) in [4.78, 5) is 23.6. The molecule has 12 heteroatoms. The number of hydrogen-bond acceptors (Lipinski definition) is 10. The van der Waals surface area contributed by atoms with Gasteiger partial charge in [0.25, 0.3) is 0 Å². The van der Waals surface area contributed by atoms with Crippen LogP contribution in [0.1, 0.15) is 81.1 Å². The lowest BCUT2D eigenvalue weighted by atomic mass is 10.3. The molecule has 0 heterocycles. The second-order valence-corrected chi connectivity index (χ2v) is 13.2. The third-order valence-corrected chi connectivity index (χ3v) is 8.73. The average Bonchev–Trinajstić information content (AvgIpc) is 2.74. The van der Waals surface area contributed by atoms with Gasteiger partial charge < -0.3 is 18.5 Å². The van der Waals surface area contributed by atoms with Gasteiger partial charge >= 0.3 is 21.2 Å². The van der Waals surface area contributed by atoms with Crippen LogP contribution in [0.15, 0.2) is 0 Å². The molecule has 0 rings (SSSR count). The first-order valence-corrected chi connectivity index (χ1v) is 15.9. The van der Waals surface area contributed by atoms with E-state index in [1.54, 1.807) is 20.8 Å². The summed E-state index contributed by atoms with van der Waals surface area (Å²) in [6.07, 6.45) is 0.105. The molecule has 35 heavy (non-hydrogen) atoms. The smallest absolute Gasteiger partial charge is 0.335 e. The zero-order valence-corrected chi connectivity index (χ0v) is 24.4. The van der Waals surface area contributed by atoms with Crippen LogP contribution in [0.3, 0.4) is 0 Å². The van der Waals surface area contributed by atoms with E-state index in [-0.39, 0.29) is 50.1 Å². The molecule has 0 aliphatic rings. The largest absolute Gasteiger partial charge is 0.461 e. The number of rotatable bonds is 21. The van der Waals surface area contributed by atoms with Crippen molar-refractivity contribution in [2.75, 3.05) is 32.1 Å². The van der Waals surface area contributed by atoms with Gasteiger partial charge in [-0.15, -0.1) is 0 Å². The molecule has 208 valence electrons. The van der Waals surface area contributed by atoms with Crippen LogP contribution in [-0.2, 0) is 46.3 Å². The van der Waals surface area contributed by atoms with Gasteiger partial charge in [0.2, 0.25) is 0 Å². The highest BCUT2D eigenvalue weighted by atomic mass is 31.2. The van der Waals surface area contributed by atoms with Crippen molar-refractivity contribution in [1.82, 2.24) is 0 Å². The maximum atomic E-state index is 13.3. The molecule has 0 aliphatic heterocycles. The molecule has 4 atom stereocenters. The standard InChI is InChI=1S/C23H46O10P2/c1-9-13-29-34(26,32-21(7)20(6)24)16-11-10-12-17-35(27,30-15-14-28-18(2)3)33-22(8)23(25)31-19(4)5/h18-19,21-22H,9-17H2,1-8H3. The lowest BCUT2D eigenvalue weighted by Gasteiger charge is -2.23. The van der Waals surface area contributed by atoms with Crippen molar-refractivity contribution in [3.63, 3.8) is 0 Å². The summed E-state index contributed by atoms with van der Waals surface area (Å²) in [6, 6.07) is 0. The molecule has 0 amide bonds. The third-order valence-electron chi connectivity index (χ3n) is 4.57. The summed E-state index contributed by atoms with van der Waals surface area (Å²) in [5.41, 5.74) is 0. The Labute approximate surface area is 211 Å². The van der Waals surface area contributed by atoms with E-state index in [4.69, 9.17) is 27.6 Å². The molecular formula is C23H46O10P2. The number of unbranched alkanes of at least 4 members (excludes halogenated alkanes) is 2. The summed E-state index contributed by atoms with van der Waals surface area (Å²) < 4.78 is 58.9. The first kappa shape index (κ1) is 34.4. The first-order chi connectivity index (χ1) is 16.2. The van der Waals surface area contributed by atoms with Crippen LogP contribution in [-0.4, -0.2) is 68.3 Å². The minimum atomic E-state index is -3.62. The Balaban J connectivity index is 4.96. The Morgan fingerprint density at radius 2 is 1.23 bits per heavy atom. The van der Waals surface area contributed by atoms with Gasteiger partial charge in [-0.1, -0.05) is 13.3 Å². The average molecular weight is 545 g/mol. The fourth-order valence-electron chi connectivity index (χ4n) is 2.70. The second-order valence-electron chi connectivity index (χ2n) is 8.91. The quantitative estimate of drug-likeness (QED) is 0.100. The van der Waals surface area contributed by atoms with E-state index < -0.39 is 33.4 Å². The number of carbonyl (C=O) groups excluding carboxylic acids is 2. The maximum Gasteiger partial charge on any atom is 0.335 e. The molecule has 0 fully saturated rings. The molecule has 0 bridgehead atoms. The molecule has 0 saturated heterocycles. The van der Waals surface area contributed by atoms with Crippen LogP contribution in [0.5, 0.6) is 0 Å². The van der Waals surface area contributed by atoms with Gasteiger partial charge in [0.15, 0.2) is 11.9 Å². The molecule has 4 unspecified atom stereocenters. The molecular weight excluding hydrogens is 498 g/mol. The van der Waals surface area contributed by atoms with Gasteiger partial charge in [-0.05, 0) is 67.7 Å². The number of ether oxygens (including phenoxy) is 2. The van der Waals surface area contributed by atoms with E-state index in [1.807, 2.05) is 20.8 Å². The molecule has 0 N–H and O–H groups in total. The van der Waals surface area contributed by atoms with Crippen LogP contribution in [0.4, 0.5) is 0 Å². The van der Waals surface area contributed by atoms with Crippen molar-refractivity contribution in [3.05, 3.63) is 0 Å². The molecule has 0 aromatic carbocycles. The number of esters is 1. The minimum Gasteiger partial charge on any atom is -0.461 e. The van der Waals surface area contributed by atoms with E-state index in [0.717, 1.165) is 0 Å². The van der Waals surface area contributed by atoms with Crippen LogP contribution >= 0.6 is 15.2 Å². The summed E-state index contributed by atoms with van der Waals surface area (Å²) in [5, 5.41) is 0. The Bertz CT molecular complexity index is 710. The summed E-state index contributed by atoms with van der Waals surface area (Å²) in [7, 11) is -7.06. The van der Waals surface area contributed by atoms with E-state index in [2.05, 4.69) is 0 Å². The zero-order chi connectivity index (χ0) is 27.1. The first-order valence-electron chi connectivity index (χ1n) is 12.4. The van der Waals surface area contributed by atoms with Gasteiger partial charge in [-0.2, -0.15) is 0 Å². The van der Waals surface area contributed by atoms with Crippen molar-refractivity contribution >= 4 is 26.9 Å². The maximum absolute atomic E-state index is 13.3. The molecule has 0 spiro atoms. The summed E-state index contributed by atoms with van der Waals surface area (Å²) >= 11 is 0. The van der Waals surface area contributed by atoms with E-state index in [9.17, 15) is 18.7 Å². The predicted octanol–water partition coefficient (Wildman–Crippen LogP) is 5.76. The van der Waals surface area contributed by atoms with Crippen LogP contribution < -0.4 is 0 Å². The Morgan fingerprint density at radius 1 is 0.714 bits per heavy atom. The van der Waals surface area contributed by atoms with Crippen LogP contribution in [0, 0.1) is 0 Å². The number of carbonyl (C=O) groups is 2. The second kappa shape index (κ2) is 17.8. The van der Waals surface area contributed by atoms with Gasteiger partial charge in [-0.25, -0.2) is 4.79 Å². The summed E-state index contributed by atoms with van der Waals surface area (Å²) in [5.74, 6) is -0.847. The fraction of sp³-hybridized carbons (Fsp3) is 0.913. The van der Waals surface area contributed by atoms with Crippen molar-refractivity contribution < 1.29 is 46.3 Å². The van der Waals surface area contributed by atoms with Gasteiger partial charge in [0.05, 0.1) is 44.4 Å². The molecule has 0 saturated carbocycles. The minimum absolute atomic E-state index is 0.00240. The monoisotopic (exact) mass is 544 g/mol. The normalized spacial score (nSPS) is 17.1. The molecule has 0 aromatic heterocycles. The number of ketones is 1. The summed E-state index contributed by atoms with van der Waals surface area (Å²) in [6.45, 7) is 14.0. The van der Waals surface area contributed by atoms with E-state index >= 15 is 0 Å². The zero-order valence-electron chi connectivity index (χ0n) is 22.7. The number of hydrogen-bond donors (Lipinski definition) is 0. The van der Waals surface area contributed by atoms with Crippen molar-refractivity contribution in [3.8, 4) is 0 Å². The highest BCUT2D eigenvalue weighted by Gasteiger charge is 2.32. The highest BCUT2D eigenvalue weighted by molar-refractivity contribution is 7.54. The van der Waals surface area contributed by atoms with Gasteiger partial charge in [-0.3, -0.25) is 23.0 Å². The van der Waals surface area contributed by atoms with Gasteiger partial charge in [0, 0.05) is 0 Å². The molecule has 10 nitrogen and oxygen atoms in total. The fourth-order valence-corrected chi connectivity index (χ4v) is 6.52. The van der Waals surface area contributed by atoms with Crippen molar-refractivity contribution in [1.29, 1.82) is 0 Å². The van der Waals surface area contributed by atoms with Gasteiger partial charge in [0.1, 0.15) is 6.10 Å². The predicted molar refractivity (Wildman–Crippen MR) is 135 cm³/mol. The van der Waals surface area contributed by atoms with E-state index in [1.165, 1.54) is 13.8 Å². The van der Waals surface area contributed by atoms with Crippen LogP contribution in [0.25, 0.3) is 0 Å². The van der Waals surface area contributed by atoms with Crippen LogP contribution in [0.2, 0.25) is 0 Å². The molecule has 0 aromatic rings. The highest BCUT2D eigenvalue weighted by Crippen LogP contribution is 2.52. The lowest BCUT2D eigenvalue weighted by molar-refractivity contribution is -0.155. The number of Topliss-reactive ketones (excluding diaryl/α,β-unsaturated/α-hetero) is 1. The van der Waals surface area contributed by atoms with Crippen molar-refractivity contribution in [2.24, 2.45) is 0 Å². The van der Waals surface area contributed by atoms with Crippen molar-refractivity contribution in [2.45, 2.75) is 105 Å². The Hall–Kier alpha value is -0.600. The topological polar surface area (TPSA) is 124 Å². The third kappa shape index (κ3) is 16.7. The Kier molecular flexibility index (Phi) is 17.5. The Morgan fingerprint density at radius 3 is 1.69 bits per heavy atom. The van der Waals surface area contributed by atoms with E-state index in [0.29, 0.717) is 25.7 Å². The lowest BCUT2D eigenvalue weighted by Crippen LogP contribution is -2.26. The molecule has 0 aliphatic carbocycles. The molecule has 0 radical (unpaired) electrons. The SMILES string of the molecule is CCCOP(=O)(CCCCCP(=O)(OCCOC(C)C)OC(C)C(=O)OC(C)C)OC(C)C(C)=O.